The van der Waals surface area contributed by atoms with Gasteiger partial charge in [-0.3, -0.25) is 9.78 Å². The van der Waals surface area contributed by atoms with Gasteiger partial charge in [0.25, 0.3) is 5.91 Å². The van der Waals surface area contributed by atoms with Crippen LogP contribution in [0, 0.1) is 0 Å². The van der Waals surface area contributed by atoms with Crippen LogP contribution in [0.3, 0.4) is 0 Å². The molecule has 0 aliphatic rings. The molecule has 1 amide bonds. The topological polar surface area (TPSA) is 42.0 Å². The van der Waals surface area contributed by atoms with Crippen molar-refractivity contribution < 1.29 is 4.79 Å². The Bertz CT molecular complexity index is 724. The van der Waals surface area contributed by atoms with Crippen molar-refractivity contribution in [2.24, 2.45) is 0 Å². The molecule has 0 fully saturated rings. The summed E-state index contributed by atoms with van der Waals surface area (Å²) in [7, 11) is 0. The first-order chi connectivity index (χ1) is 10.3. The van der Waals surface area contributed by atoms with Gasteiger partial charge in [0.15, 0.2) is 0 Å². The zero-order chi connectivity index (χ0) is 14.5. The first-order valence-electron chi connectivity index (χ1n) is 6.64. The number of hydrogen-bond donors (Lipinski definition) is 1. The number of carbonyl (C=O) groups is 1. The summed E-state index contributed by atoms with van der Waals surface area (Å²) < 4.78 is 0. The Hall–Kier alpha value is -2.46. The van der Waals surface area contributed by atoms with E-state index >= 15 is 0 Å². The Kier molecular flexibility index (Phi) is 4.07. The number of amides is 1. The van der Waals surface area contributed by atoms with Gasteiger partial charge in [0.1, 0.15) is 5.69 Å². The Labute approximate surface area is 127 Å². The summed E-state index contributed by atoms with van der Waals surface area (Å²) in [5.41, 5.74) is 3.87. The number of thiophene rings is 1. The lowest BCUT2D eigenvalue weighted by molar-refractivity contribution is 0.0946. The summed E-state index contributed by atoms with van der Waals surface area (Å²) in [5, 5.41) is 7.08. The maximum Gasteiger partial charge on any atom is 0.270 e. The van der Waals surface area contributed by atoms with E-state index in [1.807, 2.05) is 18.2 Å². The van der Waals surface area contributed by atoms with E-state index in [9.17, 15) is 4.79 Å². The van der Waals surface area contributed by atoms with Crippen LogP contribution in [-0.4, -0.2) is 10.9 Å². The Balaban J connectivity index is 1.76. The first kappa shape index (κ1) is 13.5. The van der Waals surface area contributed by atoms with Crippen LogP contribution >= 0.6 is 11.3 Å². The summed E-state index contributed by atoms with van der Waals surface area (Å²) in [6, 6.07) is 15.5. The highest BCUT2D eigenvalue weighted by molar-refractivity contribution is 7.08. The fourth-order valence-electron chi connectivity index (χ4n) is 2.14. The molecule has 21 heavy (non-hydrogen) atoms. The van der Waals surface area contributed by atoms with Gasteiger partial charge in [-0.05, 0) is 45.6 Å². The molecule has 0 saturated heterocycles. The molecule has 3 rings (SSSR count). The molecule has 0 radical (unpaired) electrons. The molecule has 2 heterocycles. The van der Waals surface area contributed by atoms with Crippen molar-refractivity contribution in [3.8, 4) is 11.1 Å². The molecule has 0 unspecified atom stereocenters. The minimum Gasteiger partial charge on any atom is -0.347 e. The molecule has 0 aliphatic heterocycles. The molecule has 4 heteroatoms. The van der Waals surface area contributed by atoms with Gasteiger partial charge >= 0.3 is 0 Å². The minimum atomic E-state index is -0.157. The number of benzene rings is 1. The number of nitrogens with zero attached hydrogens (tertiary/aromatic N) is 1. The lowest BCUT2D eigenvalue weighted by Crippen LogP contribution is -2.23. The lowest BCUT2D eigenvalue weighted by atomic mass is 10.0. The normalized spacial score (nSPS) is 10.3. The highest BCUT2D eigenvalue weighted by atomic mass is 32.1. The highest BCUT2D eigenvalue weighted by Crippen LogP contribution is 2.25. The third kappa shape index (κ3) is 3.17. The SMILES string of the molecule is O=C(NCc1ccccc1-c1ccsc1)c1ccccn1. The van der Waals surface area contributed by atoms with Crippen LogP contribution in [0.2, 0.25) is 0 Å². The van der Waals surface area contributed by atoms with Crippen molar-refractivity contribution in [1.82, 2.24) is 10.3 Å². The average molecular weight is 294 g/mol. The van der Waals surface area contributed by atoms with Crippen LogP contribution in [0.5, 0.6) is 0 Å². The van der Waals surface area contributed by atoms with Crippen molar-refractivity contribution in [3.05, 3.63) is 76.7 Å². The number of pyridine rings is 1. The Morgan fingerprint density at radius 2 is 1.95 bits per heavy atom. The van der Waals surface area contributed by atoms with E-state index in [4.69, 9.17) is 0 Å². The van der Waals surface area contributed by atoms with E-state index in [0.717, 1.165) is 11.1 Å². The maximum atomic E-state index is 12.0. The van der Waals surface area contributed by atoms with Crippen LogP contribution in [0.1, 0.15) is 16.1 Å². The summed E-state index contributed by atoms with van der Waals surface area (Å²) in [5.74, 6) is -0.157. The molecule has 2 aromatic heterocycles. The molecular weight excluding hydrogens is 280 g/mol. The number of nitrogens with one attached hydrogen (secondary N) is 1. The van der Waals surface area contributed by atoms with E-state index in [2.05, 4.69) is 33.2 Å². The predicted octanol–water partition coefficient (Wildman–Crippen LogP) is 3.74. The molecular formula is C17H14N2OS. The first-order valence-corrected chi connectivity index (χ1v) is 7.58. The molecule has 0 aliphatic carbocycles. The fraction of sp³-hybridized carbons (Fsp3) is 0.0588. The number of hydrogen-bond acceptors (Lipinski definition) is 3. The van der Waals surface area contributed by atoms with Crippen molar-refractivity contribution in [1.29, 1.82) is 0 Å². The monoisotopic (exact) mass is 294 g/mol. The zero-order valence-corrected chi connectivity index (χ0v) is 12.1. The van der Waals surface area contributed by atoms with E-state index in [1.165, 1.54) is 5.56 Å². The average Bonchev–Trinajstić information content (AvgIpc) is 3.08. The summed E-state index contributed by atoms with van der Waals surface area (Å²) in [6.07, 6.45) is 1.62. The zero-order valence-electron chi connectivity index (χ0n) is 11.3. The second kappa shape index (κ2) is 6.33. The molecule has 3 aromatic rings. The third-order valence-electron chi connectivity index (χ3n) is 3.19. The van der Waals surface area contributed by atoms with Gasteiger partial charge in [0.2, 0.25) is 0 Å². The smallest absolute Gasteiger partial charge is 0.270 e. The van der Waals surface area contributed by atoms with Gasteiger partial charge in [-0.15, -0.1) is 0 Å². The van der Waals surface area contributed by atoms with Crippen molar-refractivity contribution in [2.45, 2.75) is 6.54 Å². The lowest BCUT2D eigenvalue weighted by Gasteiger charge is -2.09. The van der Waals surface area contributed by atoms with Crippen LogP contribution < -0.4 is 5.32 Å². The summed E-state index contributed by atoms with van der Waals surface area (Å²) >= 11 is 1.67. The number of aromatic nitrogens is 1. The van der Waals surface area contributed by atoms with Gasteiger partial charge in [0.05, 0.1) is 0 Å². The standard InChI is InChI=1S/C17H14N2OS/c20-17(16-7-3-4-9-18-16)19-11-13-5-1-2-6-15(13)14-8-10-21-12-14/h1-10,12H,11H2,(H,19,20). The van der Waals surface area contributed by atoms with Gasteiger partial charge < -0.3 is 5.32 Å². The second-order valence-corrected chi connectivity index (χ2v) is 5.35. The van der Waals surface area contributed by atoms with E-state index in [0.29, 0.717) is 12.2 Å². The largest absolute Gasteiger partial charge is 0.347 e. The highest BCUT2D eigenvalue weighted by Gasteiger charge is 2.08. The van der Waals surface area contributed by atoms with Crippen LogP contribution in [-0.2, 0) is 6.54 Å². The van der Waals surface area contributed by atoms with Gasteiger partial charge in [-0.2, -0.15) is 11.3 Å². The predicted molar refractivity (Wildman–Crippen MR) is 85.2 cm³/mol. The molecule has 1 N–H and O–H groups in total. The van der Waals surface area contributed by atoms with E-state index in [-0.39, 0.29) is 5.91 Å². The van der Waals surface area contributed by atoms with Crippen molar-refractivity contribution >= 4 is 17.2 Å². The van der Waals surface area contributed by atoms with Crippen molar-refractivity contribution in [2.75, 3.05) is 0 Å². The second-order valence-electron chi connectivity index (χ2n) is 4.57. The summed E-state index contributed by atoms with van der Waals surface area (Å²) in [6.45, 7) is 0.488. The Morgan fingerprint density at radius 3 is 2.71 bits per heavy atom. The number of rotatable bonds is 4. The van der Waals surface area contributed by atoms with Crippen LogP contribution in [0.25, 0.3) is 11.1 Å². The van der Waals surface area contributed by atoms with Crippen LogP contribution in [0.15, 0.2) is 65.5 Å². The van der Waals surface area contributed by atoms with Crippen LogP contribution in [0.4, 0.5) is 0 Å². The van der Waals surface area contributed by atoms with E-state index < -0.39 is 0 Å². The Morgan fingerprint density at radius 1 is 1.10 bits per heavy atom. The van der Waals surface area contributed by atoms with Crippen molar-refractivity contribution in [3.63, 3.8) is 0 Å². The summed E-state index contributed by atoms with van der Waals surface area (Å²) in [4.78, 5) is 16.1. The van der Waals surface area contributed by atoms with Gasteiger partial charge in [-0.1, -0.05) is 30.3 Å². The fourth-order valence-corrected chi connectivity index (χ4v) is 2.79. The quantitative estimate of drug-likeness (QED) is 0.796. The molecule has 0 spiro atoms. The molecule has 0 saturated carbocycles. The molecule has 104 valence electrons. The molecule has 1 aromatic carbocycles. The molecule has 0 bridgehead atoms. The third-order valence-corrected chi connectivity index (χ3v) is 3.87. The molecule has 0 atom stereocenters. The number of carbonyl (C=O) groups excluding carboxylic acids is 1. The maximum absolute atomic E-state index is 12.0. The minimum absolute atomic E-state index is 0.157. The van der Waals surface area contributed by atoms with E-state index in [1.54, 1.807) is 35.7 Å². The van der Waals surface area contributed by atoms with Gasteiger partial charge in [-0.25, -0.2) is 0 Å². The molecule has 3 nitrogen and oxygen atoms in total. The van der Waals surface area contributed by atoms with Gasteiger partial charge in [0, 0.05) is 12.7 Å².